The van der Waals surface area contributed by atoms with Gasteiger partial charge in [-0.15, -0.1) is 0 Å². The van der Waals surface area contributed by atoms with E-state index in [1.165, 1.54) is 23.0 Å². The summed E-state index contributed by atoms with van der Waals surface area (Å²) in [5.74, 6) is -1.81. The minimum atomic E-state index is -1.20. The molecule has 20 heavy (non-hydrogen) atoms. The second kappa shape index (κ2) is 4.37. The molecule has 0 aliphatic carbocycles. The van der Waals surface area contributed by atoms with E-state index in [9.17, 15) is 14.3 Å². The molecule has 0 spiro atoms. The Labute approximate surface area is 112 Å². The van der Waals surface area contributed by atoms with Crippen LogP contribution >= 0.6 is 0 Å². The molecule has 0 radical (unpaired) electrons. The number of aromatic nitrogens is 4. The molecule has 6 nitrogen and oxygen atoms in total. The van der Waals surface area contributed by atoms with Crippen LogP contribution in [0.4, 0.5) is 4.39 Å². The lowest BCUT2D eigenvalue weighted by molar-refractivity contribution is 0.0696. The molecule has 0 atom stereocenters. The number of carbonyl (C=O) groups is 1. The average molecular weight is 272 g/mol. The summed E-state index contributed by atoms with van der Waals surface area (Å²) in [5, 5.41) is 13.4. The zero-order valence-electron chi connectivity index (χ0n) is 10.4. The van der Waals surface area contributed by atoms with Gasteiger partial charge in [-0.1, -0.05) is 0 Å². The SMILES string of the molecule is Cc1cc2ncc(C(=O)O)c(-c3ccncc3F)n2n1. The van der Waals surface area contributed by atoms with Gasteiger partial charge in [-0.2, -0.15) is 5.10 Å². The topological polar surface area (TPSA) is 80.4 Å². The summed E-state index contributed by atoms with van der Waals surface area (Å²) in [6.07, 6.45) is 3.63. The van der Waals surface area contributed by atoms with Crippen LogP contribution in [-0.2, 0) is 0 Å². The van der Waals surface area contributed by atoms with Crippen molar-refractivity contribution >= 4 is 11.6 Å². The van der Waals surface area contributed by atoms with Gasteiger partial charge in [0.25, 0.3) is 0 Å². The standard InChI is InChI=1S/C13H9FN4O2/c1-7-4-11-16-5-9(13(19)20)12(18(11)17-7)8-2-3-15-6-10(8)14/h2-6H,1H3,(H,19,20). The summed E-state index contributed by atoms with van der Waals surface area (Å²) >= 11 is 0. The summed E-state index contributed by atoms with van der Waals surface area (Å²) in [4.78, 5) is 19.0. The molecule has 0 bridgehead atoms. The molecule has 0 saturated heterocycles. The van der Waals surface area contributed by atoms with Gasteiger partial charge in [0, 0.05) is 24.0 Å². The lowest BCUT2D eigenvalue weighted by atomic mass is 10.1. The number of hydrogen-bond acceptors (Lipinski definition) is 4. The van der Waals surface area contributed by atoms with Gasteiger partial charge in [0.1, 0.15) is 5.56 Å². The molecular weight excluding hydrogens is 263 g/mol. The van der Waals surface area contributed by atoms with Crippen molar-refractivity contribution in [3.8, 4) is 11.3 Å². The summed E-state index contributed by atoms with van der Waals surface area (Å²) in [6, 6.07) is 3.10. The summed E-state index contributed by atoms with van der Waals surface area (Å²) in [7, 11) is 0. The highest BCUT2D eigenvalue weighted by molar-refractivity contribution is 5.95. The van der Waals surface area contributed by atoms with E-state index in [2.05, 4.69) is 15.1 Å². The molecule has 7 heteroatoms. The second-order valence-corrected chi connectivity index (χ2v) is 4.24. The first kappa shape index (κ1) is 12.2. The molecule has 0 saturated carbocycles. The van der Waals surface area contributed by atoms with E-state index in [-0.39, 0.29) is 16.8 Å². The highest BCUT2D eigenvalue weighted by atomic mass is 19.1. The van der Waals surface area contributed by atoms with Gasteiger partial charge in [-0.3, -0.25) is 4.98 Å². The number of pyridine rings is 1. The molecule has 100 valence electrons. The number of carboxylic acids is 1. The molecule has 0 fully saturated rings. The molecule has 0 unspecified atom stereocenters. The average Bonchev–Trinajstić information content (AvgIpc) is 2.78. The predicted molar refractivity (Wildman–Crippen MR) is 67.9 cm³/mol. The Morgan fingerprint density at radius 2 is 2.20 bits per heavy atom. The van der Waals surface area contributed by atoms with E-state index in [0.717, 1.165) is 6.20 Å². The van der Waals surface area contributed by atoms with Crippen LogP contribution in [0.5, 0.6) is 0 Å². The Morgan fingerprint density at radius 3 is 2.90 bits per heavy atom. The van der Waals surface area contributed by atoms with Gasteiger partial charge >= 0.3 is 5.97 Å². The second-order valence-electron chi connectivity index (χ2n) is 4.24. The van der Waals surface area contributed by atoms with Crippen LogP contribution in [0.3, 0.4) is 0 Å². The maximum atomic E-state index is 13.9. The van der Waals surface area contributed by atoms with Gasteiger partial charge in [0.2, 0.25) is 0 Å². The molecule has 0 aliphatic heterocycles. The number of hydrogen-bond donors (Lipinski definition) is 1. The fraction of sp³-hybridized carbons (Fsp3) is 0.0769. The van der Waals surface area contributed by atoms with Crippen LogP contribution in [-0.4, -0.2) is 30.7 Å². The van der Waals surface area contributed by atoms with Crippen molar-refractivity contribution in [2.45, 2.75) is 6.92 Å². The van der Waals surface area contributed by atoms with Crippen molar-refractivity contribution in [1.82, 2.24) is 19.6 Å². The third kappa shape index (κ3) is 1.80. The van der Waals surface area contributed by atoms with Crippen molar-refractivity contribution in [3.63, 3.8) is 0 Å². The first-order valence-corrected chi connectivity index (χ1v) is 5.76. The van der Waals surface area contributed by atoms with Crippen LogP contribution < -0.4 is 0 Å². The fourth-order valence-corrected chi connectivity index (χ4v) is 2.03. The van der Waals surface area contributed by atoms with E-state index >= 15 is 0 Å². The highest BCUT2D eigenvalue weighted by Gasteiger charge is 2.20. The van der Waals surface area contributed by atoms with E-state index in [0.29, 0.717) is 11.3 Å². The van der Waals surface area contributed by atoms with Crippen LogP contribution in [0.25, 0.3) is 16.9 Å². The van der Waals surface area contributed by atoms with Crippen molar-refractivity contribution in [3.05, 3.63) is 47.8 Å². The Balaban J connectivity index is 2.45. The summed E-state index contributed by atoms with van der Waals surface area (Å²) < 4.78 is 15.3. The lowest BCUT2D eigenvalue weighted by Gasteiger charge is -2.09. The molecule has 3 aromatic rings. The third-order valence-electron chi connectivity index (χ3n) is 2.86. The van der Waals surface area contributed by atoms with Crippen molar-refractivity contribution in [2.24, 2.45) is 0 Å². The van der Waals surface area contributed by atoms with Crippen LogP contribution in [0, 0.1) is 12.7 Å². The van der Waals surface area contributed by atoms with Gasteiger partial charge in [0.15, 0.2) is 11.5 Å². The zero-order valence-corrected chi connectivity index (χ0v) is 10.4. The monoisotopic (exact) mass is 272 g/mol. The van der Waals surface area contributed by atoms with E-state index in [1.807, 2.05) is 0 Å². The van der Waals surface area contributed by atoms with E-state index in [1.54, 1.807) is 13.0 Å². The minimum Gasteiger partial charge on any atom is -0.478 e. The molecule has 0 amide bonds. The molecule has 0 aliphatic rings. The number of halogens is 1. The first-order valence-electron chi connectivity index (χ1n) is 5.76. The van der Waals surface area contributed by atoms with Crippen LogP contribution in [0.1, 0.15) is 16.1 Å². The number of rotatable bonds is 2. The highest BCUT2D eigenvalue weighted by Crippen LogP contribution is 2.26. The Hall–Kier alpha value is -2.83. The number of aryl methyl sites for hydroxylation is 1. The van der Waals surface area contributed by atoms with Crippen molar-refractivity contribution in [1.29, 1.82) is 0 Å². The van der Waals surface area contributed by atoms with Crippen molar-refractivity contribution in [2.75, 3.05) is 0 Å². The number of nitrogens with zero attached hydrogens (tertiary/aromatic N) is 4. The third-order valence-corrected chi connectivity index (χ3v) is 2.86. The summed E-state index contributed by atoms with van der Waals surface area (Å²) in [5.41, 5.74) is 1.27. The Morgan fingerprint density at radius 1 is 1.40 bits per heavy atom. The fourth-order valence-electron chi connectivity index (χ4n) is 2.03. The molecule has 3 aromatic heterocycles. The Bertz CT molecular complexity index is 828. The molecule has 3 rings (SSSR count). The minimum absolute atomic E-state index is 0.118. The van der Waals surface area contributed by atoms with Crippen molar-refractivity contribution < 1.29 is 14.3 Å². The molecule has 0 aromatic carbocycles. The lowest BCUT2D eigenvalue weighted by Crippen LogP contribution is -2.08. The summed E-state index contributed by atoms with van der Waals surface area (Å²) in [6.45, 7) is 1.75. The van der Waals surface area contributed by atoms with Gasteiger partial charge in [-0.25, -0.2) is 18.7 Å². The molecular formula is C13H9FN4O2. The number of aromatic carboxylic acids is 1. The van der Waals surface area contributed by atoms with Gasteiger partial charge in [0.05, 0.1) is 17.6 Å². The number of fused-ring (bicyclic) bond motifs is 1. The predicted octanol–water partition coefficient (Wildman–Crippen LogP) is 1.94. The zero-order chi connectivity index (χ0) is 14.3. The smallest absolute Gasteiger partial charge is 0.339 e. The van der Waals surface area contributed by atoms with E-state index in [4.69, 9.17) is 0 Å². The number of carboxylic acid groups (broad SMARTS) is 1. The Kier molecular flexibility index (Phi) is 2.67. The first-order chi connectivity index (χ1) is 9.58. The van der Waals surface area contributed by atoms with E-state index < -0.39 is 11.8 Å². The van der Waals surface area contributed by atoms with Gasteiger partial charge < -0.3 is 5.11 Å². The maximum absolute atomic E-state index is 13.9. The largest absolute Gasteiger partial charge is 0.478 e. The van der Waals surface area contributed by atoms with Crippen LogP contribution in [0.15, 0.2) is 30.7 Å². The maximum Gasteiger partial charge on any atom is 0.339 e. The van der Waals surface area contributed by atoms with Gasteiger partial charge in [-0.05, 0) is 13.0 Å². The quantitative estimate of drug-likeness (QED) is 0.771. The molecule has 3 heterocycles. The molecule has 1 N–H and O–H groups in total. The van der Waals surface area contributed by atoms with Crippen LogP contribution in [0.2, 0.25) is 0 Å². The normalized spacial score (nSPS) is 10.9.